The molecule has 0 aromatic heterocycles. The summed E-state index contributed by atoms with van der Waals surface area (Å²) in [7, 11) is 0. The third-order valence-corrected chi connectivity index (χ3v) is 3.41. The highest BCUT2D eigenvalue weighted by Crippen LogP contribution is 2.41. The molecule has 1 aliphatic rings. The molecule has 1 aliphatic carbocycles. The van der Waals surface area contributed by atoms with Crippen LogP contribution in [0.5, 0.6) is 0 Å². The monoisotopic (exact) mass is 186 g/mol. The van der Waals surface area contributed by atoms with Gasteiger partial charge in [-0.1, -0.05) is 44.7 Å². The Morgan fingerprint density at radius 2 is 1.93 bits per heavy atom. The molecule has 0 heterocycles. The van der Waals surface area contributed by atoms with Crippen LogP contribution in [0.4, 0.5) is 0 Å². The van der Waals surface area contributed by atoms with E-state index in [4.69, 9.17) is 0 Å². The van der Waals surface area contributed by atoms with Crippen LogP contribution in [0.25, 0.3) is 5.57 Å². The minimum absolute atomic E-state index is 0.270. The fraction of sp³-hybridized carbons (Fsp3) is 0.429. The van der Waals surface area contributed by atoms with Crippen molar-refractivity contribution < 1.29 is 0 Å². The SMILES string of the molecule is C=C1c2ccccc2CCCC1(C)C. The zero-order chi connectivity index (χ0) is 10.2. The molecule has 0 aliphatic heterocycles. The second kappa shape index (κ2) is 3.27. The average molecular weight is 186 g/mol. The van der Waals surface area contributed by atoms with Crippen LogP contribution in [-0.2, 0) is 6.42 Å². The van der Waals surface area contributed by atoms with Crippen LogP contribution in [0.15, 0.2) is 30.8 Å². The topological polar surface area (TPSA) is 0 Å². The van der Waals surface area contributed by atoms with Gasteiger partial charge < -0.3 is 0 Å². The van der Waals surface area contributed by atoms with Gasteiger partial charge in [0, 0.05) is 0 Å². The standard InChI is InChI=1S/C14H18/c1-11-13-9-5-4-7-12(13)8-6-10-14(11,2)3/h4-5,7,9H,1,6,8,10H2,2-3H3. The van der Waals surface area contributed by atoms with E-state index in [1.165, 1.54) is 36.0 Å². The average Bonchev–Trinajstić information content (AvgIpc) is 2.27. The van der Waals surface area contributed by atoms with Crippen LogP contribution in [0.3, 0.4) is 0 Å². The second-order valence-electron chi connectivity index (χ2n) is 4.87. The Labute approximate surface area is 86.7 Å². The van der Waals surface area contributed by atoms with Gasteiger partial charge in [0.1, 0.15) is 0 Å². The molecule has 14 heavy (non-hydrogen) atoms. The Morgan fingerprint density at radius 3 is 2.71 bits per heavy atom. The van der Waals surface area contributed by atoms with Crippen molar-refractivity contribution >= 4 is 5.57 Å². The van der Waals surface area contributed by atoms with E-state index >= 15 is 0 Å². The largest absolute Gasteiger partial charge is 0.0947 e. The fourth-order valence-electron chi connectivity index (χ4n) is 2.27. The number of benzene rings is 1. The van der Waals surface area contributed by atoms with Gasteiger partial charge in [-0.25, -0.2) is 0 Å². The molecule has 0 unspecified atom stereocenters. The molecule has 1 aromatic carbocycles. The van der Waals surface area contributed by atoms with E-state index in [-0.39, 0.29) is 5.41 Å². The van der Waals surface area contributed by atoms with Crippen molar-refractivity contribution in [3.63, 3.8) is 0 Å². The van der Waals surface area contributed by atoms with E-state index in [1.807, 2.05) is 0 Å². The predicted molar refractivity (Wildman–Crippen MR) is 62.2 cm³/mol. The van der Waals surface area contributed by atoms with Crippen LogP contribution in [0.1, 0.15) is 37.8 Å². The van der Waals surface area contributed by atoms with Crippen LogP contribution >= 0.6 is 0 Å². The third kappa shape index (κ3) is 1.50. The summed E-state index contributed by atoms with van der Waals surface area (Å²) >= 11 is 0. The quantitative estimate of drug-likeness (QED) is 0.536. The summed E-state index contributed by atoms with van der Waals surface area (Å²) in [4.78, 5) is 0. The molecule has 0 N–H and O–H groups in total. The van der Waals surface area contributed by atoms with Crippen molar-refractivity contribution in [2.24, 2.45) is 5.41 Å². The first kappa shape index (κ1) is 9.51. The fourth-order valence-corrected chi connectivity index (χ4v) is 2.27. The molecule has 0 radical (unpaired) electrons. The predicted octanol–water partition coefficient (Wildman–Crippen LogP) is 4.06. The van der Waals surface area contributed by atoms with Gasteiger partial charge in [0.05, 0.1) is 0 Å². The summed E-state index contributed by atoms with van der Waals surface area (Å²) in [5.41, 5.74) is 4.44. The molecule has 0 amide bonds. The van der Waals surface area contributed by atoms with E-state index < -0.39 is 0 Å². The Kier molecular flexibility index (Phi) is 2.22. The zero-order valence-corrected chi connectivity index (χ0v) is 9.14. The number of hydrogen-bond donors (Lipinski definition) is 0. The van der Waals surface area contributed by atoms with Gasteiger partial charge in [-0.3, -0.25) is 0 Å². The maximum atomic E-state index is 4.27. The number of aryl methyl sites for hydroxylation is 1. The van der Waals surface area contributed by atoms with Gasteiger partial charge in [-0.05, 0) is 41.4 Å². The van der Waals surface area contributed by atoms with Gasteiger partial charge in [0.25, 0.3) is 0 Å². The van der Waals surface area contributed by atoms with Crippen molar-refractivity contribution in [3.8, 4) is 0 Å². The molecule has 0 spiro atoms. The molecule has 74 valence electrons. The molecule has 0 atom stereocenters. The van der Waals surface area contributed by atoms with E-state index in [9.17, 15) is 0 Å². The number of rotatable bonds is 0. The highest BCUT2D eigenvalue weighted by atomic mass is 14.3. The van der Waals surface area contributed by atoms with Crippen LogP contribution in [0.2, 0.25) is 0 Å². The lowest BCUT2D eigenvalue weighted by molar-refractivity contribution is 0.448. The molecular weight excluding hydrogens is 168 g/mol. The first-order valence-electron chi connectivity index (χ1n) is 5.39. The number of hydrogen-bond acceptors (Lipinski definition) is 0. The highest BCUT2D eigenvalue weighted by molar-refractivity contribution is 5.70. The molecule has 1 aromatic rings. The molecule has 2 rings (SSSR count). The lowest BCUT2D eigenvalue weighted by Gasteiger charge is -2.25. The van der Waals surface area contributed by atoms with Gasteiger partial charge >= 0.3 is 0 Å². The summed E-state index contributed by atoms with van der Waals surface area (Å²) in [5, 5.41) is 0. The Bertz CT molecular complexity index is 358. The zero-order valence-electron chi connectivity index (χ0n) is 9.14. The van der Waals surface area contributed by atoms with Crippen LogP contribution < -0.4 is 0 Å². The summed E-state index contributed by atoms with van der Waals surface area (Å²) in [6.07, 6.45) is 3.74. The van der Waals surface area contributed by atoms with Crippen molar-refractivity contribution in [2.75, 3.05) is 0 Å². The maximum Gasteiger partial charge on any atom is -0.0103 e. The highest BCUT2D eigenvalue weighted by Gasteiger charge is 2.26. The molecule has 0 fully saturated rings. The van der Waals surface area contributed by atoms with E-state index in [2.05, 4.69) is 44.7 Å². The maximum absolute atomic E-state index is 4.27. The molecule has 0 heteroatoms. The van der Waals surface area contributed by atoms with E-state index in [0.29, 0.717) is 0 Å². The first-order valence-corrected chi connectivity index (χ1v) is 5.39. The summed E-state index contributed by atoms with van der Waals surface area (Å²) in [6.45, 7) is 8.87. The minimum atomic E-state index is 0.270. The Morgan fingerprint density at radius 1 is 1.21 bits per heavy atom. The van der Waals surface area contributed by atoms with Gasteiger partial charge in [-0.15, -0.1) is 0 Å². The van der Waals surface area contributed by atoms with E-state index in [0.717, 1.165) is 0 Å². The third-order valence-electron chi connectivity index (χ3n) is 3.41. The second-order valence-corrected chi connectivity index (χ2v) is 4.87. The molecule has 0 saturated carbocycles. The molecular formula is C14H18. The Balaban J connectivity index is 2.51. The van der Waals surface area contributed by atoms with Crippen LogP contribution in [0, 0.1) is 5.41 Å². The van der Waals surface area contributed by atoms with Crippen molar-refractivity contribution in [1.29, 1.82) is 0 Å². The van der Waals surface area contributed by atoms with Gasteiger partial charge in [0.2, 0.25) is 0 Å². The normalized spacial score (nSPS) is 20.0. The smallest absolute Gasteiger partial charge is 0.0103 e. The summed E-state index contributed by atoms with van der Waals surface area (Å²) in [6, 6.07) is 8.70. The van der Waals surface area contributed by atoms with Gasteiger partial charge in [0.15, 0.2) is 0 Å². The molecule has 0 nitrogen and oxygen atoms in total. The molecule has 0 saturated heterocycles. The van der Waals surface area contributed by atoms with E-state index in [1.54, 1.807) is 0 Å². The van der Waals surface area contributed by atoms with Crippen molar-refractivity contribution in [2.45, 2.75) is 33.1 Å². The first-order chi connectivity index (χ1) is 6.61. The Hall–Kier alpha value is -1.04. The lowest BCUT2D eigenvalue weighted by atomic mass is 9.79. The number of allylic oxidation sites excluding steroid dienone is 1. The number of fused-ring (bicyclic) bond motifs is 1. The summed E-state index contributed by atoms with van der Waals surface area (Å²) < 4.78 is 0. The minimum Gasteiger partial charge on any atom is -0.0947 e. The molecule has 0 bridgehead atoms. The van der Waals surface area contributed by atoms with Crippen molar-refractivity contribution in [3.05, 3.63) is 42.0 Å². The van der Waals surface area contributed by atoms with Crippen molar-refractivity contribution in [1.82, 2.24) is 0 Å². The van der Waals surface area contributed by atoms with Gasteiger partial charge in [-0.2, -0.15) is 0 Å². The lowest BCUT2D eigenvalue weighted by Crippen LogP contribution is -2.11. The summed E-state index contributed by atoms with van der Waals surface area (Å²) in [5.74, 6) is 0. The van der Waals surface area contributed by atoms with Crippen LogP contribution in [-0.4, -0.2) is 0 Å².